The fourth-order valence-electron chi connectivity index (χ4n) is 2.59. The molecule has 8 heteroatoms. The van der Waals surface area contributed by atoms with Crippen LogP contribution in [0.25, 0.3) is 0 Å². The molecule has 0 aliphatic carbocycles. The molecule has 0 aliphatic heterocycles. The minimum absolute atomic E-state index is 0.363. The van der Waals surface area contributed by atoms with Crippen molar-refractivity contribution >= 4 is 23.3 Å². The average Bonchev–Trinajstić information content (AvgIpc) is 2.69. The van der Waals surface area contributed by atoms with E-state index < -0.39 is 0 Å². The number of hydrogen-bond acceptors (Lipinski definition) is 5. The predicted octanol–water partition coefficient (Wildman–Crippen LogP) is 4.13. The van der Waals surface area contributed by atoms with E-state index in [1.165, 1.54) is 14.2 Å². The molecule has 0 atom stereocenters. The first-order valence-corrected chi connectivity index (χ1v) is 9.16. The van der Waals surface area contributed by atoms with Crippen molar-refractivity contribution in [2.45, 2.75) is 13.3 Å². The number of benzene rings is 2. The summed E-state index contributed by atoms with van der Waals surface area (Å²) in [6, 6.07) is 8.54. The minimum Gasteiger partial charge on any atom is -0.495 e. The summed E-state index contributed by atoms with van der Waals surface area (Å²) in [4.78, 5) is 12.2. The quantitative estimate of drug-likeness (QED) is 0.652. The maximum atomic E-state index is 12.2. The SMILES string of the molecule is CCOc1ccc(CCNC(=O)Nc2cc(Cl)c(OC)cc2OC)cc1OC. The van der Waals surface area contributed by atoms with Gasteiger partial charge in [0.2, 0.25) is 0 Å². The summed E-state index contributed by atoms with van der Waals surface area (Å²) in [6.07, 6.45) is 0.636. The van der Waals surface area contributed by atoms with E-state index in [0.717, 1.165) is 5.56 Å². The summed E-state index contributed by atoms with van der Waals surface area (Å²) in [5, 5.41) is 5.91. The van der Waals surface area contributed by atoms with Crippen LogP contribution in [0.5, 0.6) is 23.0 Å². The molecule has 0 saturated carbocycles. The monoisotopic (exact) mass is 408 g/mol. The van der Waals surface area contributed by atoms with Gasteiger partial charge >= 0.3 is 6.03 Å². The third kappa shape index (κ3) is 5.60. The van der Waals surface area contributed by atoms with E-state index in [4.69, 9.17) is 30.5 Å². The van der Waals surface area contributed by atoms with E-state index in [0.29, 0.717) is 53.3 Å². The van der Waals surface area contributed by atoms with E-state index >= 15 is 0 Å². The summed E-state index contributed by atoms with van der Waals surface area (Å²) in [5.74, 6) is 2.28. The van der Waals surface area contributed by atoms with Crippen molar-refractivity contribution in [3.8, 4) is 23.0 Å². The molecule has 152 valence electrons. The number of carbonyl (C=O) groups is 1. The fourth-order valence-corrected chi connectivity index (χ4v) is 2.83. The maximum Gasteiger partial charge on any atom is 0.319 e. The van der Waals surface area contributed by atoms with Gasteiger partial charge in [0.1, 0.15) is 11.5 Å². The Labute approximate surface area is 169 Å². The normalized spacial score (nSPS) is 10.2. The molecular weight excluding hydrogens is 384 g/mol. The Hall–Kier alpha value is -2.80. The second-order valence-corrected chi connectivity index (χ2v) is 6.14. The highest BCUT2D eigenvalue weighted by molar-refractivity contribution is 6.32. The Bertz CT molecular complexity index is 813. The number of carbonyl (C=O) groups excluding carboxylic acids is 1. The van der Waals surface area contributed by atoms with Crippen LogP contribution in [0.1, 0.15) is 12.5 Å². The molecule has 0 spiro atoms. The van der Waals surface area contributed by atoms with Gasteiger partial charge in [-0.1, -0.05) is 17.7 Å². The summed E-state index contributed by atoms with van der Waals surface area (Å²) < 4.78 is 21.3. The lowest BCUT2D eigenvalue weighted by molar-refractivity contribution is 0.252. The maximum absolute atomic E-state index is 12.2. The highest BCUT2D eigenvalue weighted by Gasteiger charge is 2.12. The molecule has 28 heavy (non-hydrogen) atoms. The molecule has 0 unspecified atom stereocenters. The standard InChI is InChI=1S/C20H25ClN2O5/c1-5-28-16-7-6-13(10-19(16)27-4)8-9-22-20(24)23-15-11-14(21)17(25-2)12-18(15)26-3/h6-7,10-12H,5,8-9H2,1-4H3,(H2,22,23,24). The number of methoxy groups -OCH3 is 3. The van der Waals surface area contributed by atoms with Crippen molar-refractivity contribution in [3.63, 3.8) is 0 Å². The van der Waals surface area contributed by atoms with Crippen LogP contribution in [-0.2, 0) is 6.42 Å². The van der Waals surface area contributed by atoms with Gasteiger partial charge in [-0.2, -0.15) is 0 Å². The zero-order chi connectivity index (χ0) is 20.5. The third-order valence-electron chi connectivity index (χ3n) is 3.95. The predicted molar refractivity (Wildman–Crippen MR) is 109 cm³/mol. The first-order valence-electron chi connectivity index (χ1n) is 8.78. The van der Waals surface area contributed by atoms with Crippen LogP contribution in [0.15, 0.2) is 30.3 Å². The number of hydrogen-bond donors (Lipinski definition) is 2. The van der Waals surface area contributed by atoms with Crippen LogP contribution >= 0.6 is 11.6 Å². The number of amides is 2. The minimum atomic E-state index is -0.363. The molecule has 2 aromatic rings. The number of nitrogens with one attached hydrogen (secondary N) is 2. The van der Waals surface area contributed by atoms with Crippen molar-refractivity contribution < 1.29 is 23.7 Å². The summed E-state index contributed by atoms with van der Waals surface area (Å²) >= 11 is 6.12. The molecule has 0 fully saturated rings. The zero-order valence-electron chi connectivity index (χ0n) is 16.4. The van der Waals surface area contributed by atoms with Crippen LogP contribution < -0.4 is 29.6 Å². The zero-order valence-corrected chi connectivity index (χ0v) is 17.2. The lowest BCUT2D eigenvalue weighted by Gasteiger charge is -2.14. The number of rotatable bonds is 9. The van der Waals surface area contributed by atoms with Crippen LogP contribution in [-0.4, -0.2) is 40.5 Å². The van der Waals surface area contributed by atoms with Gasteiger partial charge in [0.25, 0.3) is 0 Å². The molecule has 2 aromatic carbocycles. The van der Waals surface area contributed by atoms with Gasteiger partial charge in [0, 0.05) is 12.6 Å². The van der Waals surface area contributed by atoms with E-state index in [-0.39, 0.29) is 6.03 Å². The number of urea groups is 1. The molecule has 0 aromatic heterocycles. The Morgan fingerprint density at radius 1 is 0.964 bits per heavy atom. The largest absolute Gasteiger partial charge is 0.495 e. The number of anilines is 1. The highest BCUT2D eigenvalue weighted by Crippen LogP contribution is 2.35. The van der Waals surface area contributed by atoms with Crippen molar-refractivity contribution in [1.29, 1.82) is 0 Å². The van der Waals surface area contributed by atoms with Crippen molar-refractivity contribution in [2.24, 2.45) is 0 Å². The topological polar surface area (TPSA) is 78.1 Å². The van der Waals surface area contributed by atoms with E-state index in [1.807, 2.05) is 25.1 Å². The molecular formula is C20H25ClN2O5. The first kappa shape index (κ1) is 21.5. The van der Waals surface area contributed by atoms with Crippen molar-refractivity contribution in [2.75, 3.05) is 39.8 Å². The smallest absolute Gasteiger partial charge is 0.319 e. The third-order valence-corrected chi connectivity index (χ3v) is 4.24. The molecule has 0 radical (unpaired) electrons. The second-order valence-electron chi connectivity index (χ2n) is 5.74. The Morgan fingerprint density at radius 3 is 2.32 bits per heavy atom. The van der Waals surface area contributed by atoms with Gasteiger partial charge in [0.15, 0.2) is 11.5 Å². The van der Waals surface area contributed by atoms with Crippen molar-refractivity contribution in [3.05, 3.63) is 40.9 Å². The Kier molecular flexibility index (Phi) is 8.07. The molecule has 2 N–H and O–H groups in total. The number of ether oxygens (including phenoxy) is 4. The van der Waals surface area contributed by atoms with Gasteiger partial charge < -0.3 is 29.6 Å². The number of halogens is 1. The molecule has 0 bridgehead atoms. The lowest BCUT2D eigenvalue weighted by atomic mass is 10.1. The summed E-state index contributed by atoms with van der Waals surface area (Å²) in [5.41, 5.74) is 1.47. The van der Waals surface area contributed by atoms with Gasteiger partial charge in [-0.05, 0) is 37.1 Å². The molecule has 2 rings (SSSR count). The fraction of sp³-hybridized carbons (Fsp3) is 0.350. The van der Waals surface area contributed by atoms with Crippen LogP contribution in [0.3, 0.4) is 0 Å². The molecule has 0 heterocycles. The second kappa shape index (κ2) is 10.5. The first-order chi connectivity index (χ1) is 13.5. The molecule has 7 nitrogen and oxygen atoms in total. The van der Waals surface area contributed by atoms with Crippen LogP contribution in [0.4, 0.5) is 10.5 Å². The Balaban J connectivity index is 1.94. The van der Waals surface area contributed by atoms with E-state index in [9.17, 15) is 4.79 Å². The summed E-state index contributed by atoms with van der Waals surface area (Å²) in [6.45, 7) is 2.92. The van der Waals surface area contributed by atoms with Gasteiger partial charge in [-0.15, -0.1) is 0 Å². The van der Waals surface area contributed by atoms with Crippen molar-refractivity contribution in [1.82, 2.24) is 5.32 Å². The van der Waals surface area contributed by atoms with E-state index in [2.05, 4.69) is 10.6 Å². The van der Waals surface area contributed by atoms with Gasteiger partial charge in [0.05, 0.1) is 38.6 Å². The highest BCUT2D eigenvalue weighted by atomic mass is 35.5. The molecule has 2 amide bonds. The van der Waals surface area contributed by atoms with Gasteiger partial charge in [-0.3, -0.25) is 0 Å². The Morgan fingerprint density at radius 2 is 1.68 bits per heavy atom. The lowest BCUT2D eigenvalue weighted by Crippen LogP contribution is -2.30. The summed E-state index contributed by atoms with van der Waals surface area (Å²) in [7, 11) is 4.61. The van der Waals surface area contributed by atoms with Crippen LogP contribution in [0, 0.1) is 0 Å². The van der Waals surface area contributed by atoms with E-state index in [1.54, 1.807) is 19.2 Å². The molecule has 0 aliphatic rings. The van der Waals surface area contributed by atoms with Gasteiger partial charge in [-0.25, -0.2) is 4.79 Å². The molecule has 0 saturated heterocycles. The average molecular weight is 409 g/mol. The van der Waals surface area contributed by atoms with Crippen LogP contribution in [0.2, 0.25) is 5.02 Å².